The molecule has 2 rings (SSSR count). The molecule has 2 unspecified atom stereocenters. The third kappa shape index (κ3) is 3.15. The number of nitrogens with zero attached hydrogens (tertiary/aromatic N) is 1. The summed E-state index contributed by atoms with van der Waals surface area (Å²) in [5, 5.41) is 8.43. The van der Waals surface area contributed by atoms with Crippen molar-refractivity contribution in [3.63, 3.8) is 0 Å². The number of piperazine rings is 1. The summed E-state index contributed by atoms with van der Waals surface area (Å²) in [4.78, 5) is 11.9. The van der Waals surface area contributed by atoms with Gasteiger partial charge in [-0.2, -0.15) is 0 Å². The highest BCUT2D eigenvalue weighted by molar-refractivity contribution is 5.81. The van der Waals surface area contributed by atoms with Gasteiger partial charge in [-0.25, -0.2) is 5.01 Å². The lowest BCUT2D eigenvalue weighted by atomic mass is 10.2. The van der Waals surface area contributed by atoms with Crippen LogP contribution in [-0.4, -0.2) is 62.4 Å². The van der Waals surface area contributed by atoms with Crippen molar-refractivity contribution in [3.05, 3.63) is 0 Å². The first kappa shape index (κ1) is 11.8. The van der Waals surface area contributed by atoms with E-state index in [-0.39, 0.29) is 11.9 Å². The number of ether oxygens (including phenoxy) is 1. The molecule has 2 aliphatic rings. The fraction of sp³-hybridized carbons (Fsp3) is 0.900. The molecule has 2 saturated heterocycles. The zero-order valence-corrected chi connectivity index (χ0v) is 9.66. The SMILES string of the molecule is CC1CNC(C(=O)NN2CCOCC2)CN1. The van der Waals surface area contributed by atoms with Gasteiger partial charge in [0.05, 0.1) is 13.2 Å². The maximum atomic E-state index is 11.9. The molecule has 0 aromatic carbocycles. The van der Waals surface area contributed by atoms with Crippen molar-refractivity contribution in [2.75, 3.05) is 39.4 Å². The largest absolute Gasteiger partial charge is 0.379 e. The minimum Gasteiger partial charge on any atom is -0.379 e. The van der Waals surface area contributed by atoms with Gasteiger partial charge in [-0.05, 0) is 6.92 Å². The maximum absolute atomic E-state index is 11.9. The number of hydrazine groups is 1. The first-order chi connectivity index (χ1) is 7.75. The normalized spacial score (nSPS) is 32.3. The second-order valence-corrected chi connectivity index (χ2v) is 4.35. The van der Waals surface area contributed by atoms with Crippen LogP contribution < -0.4 is 16.1 Å². The van der Waals surface area contributed by atoms with Crippen molar-refractivity contribution in [1.29, 1.82) is 0 Å². The molecule has 6 heteroatoms. The van der Waals surface area contributed by atoms with E-state index >= 15 is 0 Å². The van der Waals surface area contributed by atoms with E-state index in [1.54, 1.807) is 0 Å². The summed E-state index contributed by atoms with van der Waals surface area (Å²) in [5.74, 6) is 0.0429. The first-order valence-electron chi connectivity index (χ1n) is 5.85. The molecule has 16 heavy (non-hydrogen) atoms. The third-order valence-corrected chi connectivity index (χ3v) is 2.94. The van der Waals surface area contributed by atoms with Crippen LogP contribution in [0.4, 0.5) is 0 Å². The van der Waals surface area contributed by atoms with Crippen molar-refractivity contribution in [2.24, 2.45) is 0 Å². The number of carbonyl (C=O) groups excluding carboxylic acids is 1. The highest BCUT2D eigenvalue weighted by atomic mass is 16.5. The van der Waals surface area contributed by atoms with E-state index in [4.69, 9.17) is 4.74 Å². The number of carbonyl (C=O) groups is 1. The Balaban J connectivity index is 1.74. The van der Waals surface area contributed by atoms with Gasteiger partial charge in [0.1, 0.15) is 6.04 Å². The van der Waals surface area contributed by atoms with Gasteiger partial charge < -0.3 is 15.4 Å². The van der Waals surface area contributed by atoms with Crippen molar-refractivity contribution < 1.29 is 9.53 Å². The van der Waals surface area contributed by atoms with E-state index in [9.17, 15) is 4.79 Å². The standard InChI is InChI=1S/C10H20N4O2/c1-8-6-12-9(7-11-8)10(15)13-14-2-4-16-5-3-14/h8-9,11-12H,2-7H2,1H3,(H,13,15). The van der Waals surface area contributed by atoms with Gasteiger partial charge in [0.15, 0.2) is 0 Å². The van der Waals surface area contributed by atoms with Gasteiger partial charge >= 0.3 is 0 Å². The van der Waals surface area contributed by atoms with Crippen LogP contribution in [0.3, 0.4) is 0 Å². The van der Waals surface area contributed by atoms with Crippen molar-refractivity contribution >= 4 is 5.91 Å². The molecule has 0 aromatic heterocycles. The summed E-state index contributed by atoms with van der Waals surface area (Å²) in [5.41, 5.74) is 2.92. The van der Waals surface area contributed by atoms with Gasteiger partial charge in [0.25, 0.3) is 5.91 Å². The minimum absolute atomic E-state index is 0.0429. The second kappa shape index (κ2) is 5.58. The zero-order valence-electron chi connectivity index (χ0n) is 9.66. The summed E-state index contributed by atoms with van der Waals surface area (Å²) in [6, 6.07) is 0.312. The highest BCUT2D eigenvalue weighted by Gasteiger charge is 2.24. The van der Waals surface area contributed by atoms with E-state index in [1.807, 2.05) is 5.01 Å². The van der Waals surface area contributed by atoms with Crippen molar-refractivity contribution in [2.45, 2.75) is 19.0 Å². The Kier molecular flexibility index (Phi) is 4.11. The summed E-state index contributed by atoms with van der Waals surface area (Å²) >= 11 is 0. The number of hydrogen-bond acceptors (Lipinski definition) is 5. The molecule has 1 amide bonds. The summed E-state index contributed by atoms with van der Waals surface area (Å²) in [6.07, 6.45) is 0. The molecule has 3 N–H and O–H groups in total. The Morgan fingerprint density at radius 2 is 2.06 bits per heavy atom. The molecule has 0 spiro atoms. The molecule has 0 aromatic rings. The molecule has 2 atom stereocenters. The molecular formula is C10H20N4O2. The second-order valence-electron chi connectivity index (χ2n) is 4.35. The highest BCUT2D eigenvalue weighted by Crippen LogP contribution is 1.96. The Morgan fingerprint density at radius 1 is 1.31 bits per heavy atom. The van der Waals surface area contributed by atoms with Gasteiger partial charge in [0.2, 0.25) is 0 Å². The van der Waals surface area contributed by atoms with Gasteiger partial charge in [-0.1, -0.05) is 0 Å². The van der Waals surface area contributed by atoms with Crippen molar-refractivity contribution in [1.82, 2.24) is 21.1 Å². The van der Waals surface area contributed by atoms with E-state index in [2.05, 4.69) is 23.0 Å². The summed E-state index contributed by atoms with van der Waals surface area (Å²) < 4.78 is 5.22. The van der Waals surface area contributed by atoms with Crippen LogP contribution in [0.1, 0.15) is 6.92 Å². The predicted molar refractivity (Wildman–Crippen MR) is 59.8 cm³/mol. The predicted octanol–water partition coefficient (Wildman–Crippen LogP) is -1.70. The lowest BCUT2D eigenvalue weighted by Crippen LogP contribution is -2.61. The van der Waals surface area contributed by atoms with E-state index in [0.29, 0.717) is 25.8 Å². The van der Waals surface area contributed by atoms with Crippen LogP contribution in [0.15, 0.2) is 0 Å². The minimum atomic E-state index is -0.126. The van der Waals surface area contributed by atoms with Gasteiger partial charge in [0, 0.05) is 32.2 Å². The summed E-state index contributed by atoms with van der Waals surface area (Å²) in [7, 11) is 0. The lowest BCUT2D eigenvalue weighted by molar-refractivity contribution is -0.130. The third-order valence-electron chi connectivity index (χ3n) is 2.94. The monoisotopic (exact) mass is 228 g/mol. The molecule has 2 fully saturated rings. The average Bonchev–Trinajstić information content (AvgIpc) is 2.31. The number of nitrogens with one attached hydrogen (secondary N) is 3. The Labute approximate surface area is 95.7 Å². The zero-order chi connectivity index (χ0) is 11.4. The van der Waals surface area contributed by atoms with Crippen LogP contribution in [0.2, 0.25) is 0 Å². The van der Waals surface area contributed by atoms with Crippen LogP contribution in [0.5, 0.6) is 0 Å². The van der Waals surface area contributed by atoms with Crippen LogP contribution >= 0.6 is 0 Å². The quantitative estimate of drug-likeness (QED) is 0.526. The van der Waals surface area contributed by atoms with Crippen molar-refractivity contribution in [3.8, 4) is 0 Å². The lowest BCUT2D eigenvalue weighted by Gasteiger charge is -2.32. The molecule has 2 aliphatic heterocycles. The van der Waals surface area contributed by atoms with Crippen LogP contribution in [0.25, 0.3) is 0 Å². The van der Waals surface area contributed by atoms with E-state index in [1.165, 1.54) is 0 Å². The molecule has 0 radical (unpaired) electrons. The van der Waals surface area contributed by atoms with E-state index < -0.39 is 0 Å². The fourth-order valence-corrected chi connectivity index (χ4v) is 1.88. The number of morpholine rings is 1. The molecule has 92 valence electrons. The number of hydrogen-bond donors (Lipinski definition) is 3. The first-order valence-corrected chi connectivity index (χ1v) is 5.85. The van der Waals surface area contributed by atoms with E-state index in [0.717, 1.165) is 19.6 Å². The molecule has 0 bridgehead atoms. The Morgan fingerprint density at radius 3 is 2.69 bits per heavy atom. The smallest absolute Gasteiger partial charge is 0.252 e. The molecular weight excluding hydrogens is 208 g/mol. The molecule has 0 saturated carbocycles. The Hall–Kier alpha value is -0.690. The van der Waals surface area contributed by atoms with Crippen LogP contribution in [-0.2, 0) is 9.53 Å². The van der Waals surface area contributed by atoms with Crippen LogP contribution in [0, 0.1) is 0 Å². The maximum Gasteiger partial charge on any atom is 0.252 e. The Bertz CT molecular complexity index is 235. The van der Waals surface area contributed by atoms with Gasteiger partial charge in [-0.15, -0.1) is 0 Å². The number of rotatable bonds is 2. The molecule has 6 nitrogen and oxygen atoms in total. The average molecular weight is 228 g/mol. The molecule has 0 aliphatic carbocycles. The number of amides is 1. The molecule has 2 heterocycles. The fourth-order valence-electron chi connectivity index (χ4n) is 1.88. The van der Waals surface area contributed by atoms with Gasteiger partial charge in [-0.3, -0.25) is 10.2 Å². The topological polar surface area (TPSA) is 65.6 Å². The summed E-state index contributed by atoms with van der Waals surface area (Å²) in [6.45, 7) is 6.54.